The van der Waals surface area contributed by atoms with Crippen molar-refractivity contribution in [2.45, 2.75) is 6.92 Å². The third kappa shape index (κ3) is 4.92. The lowest BCUT2D eigenvalue weighted by Crippen LogP contribution is -2.32. The Labute approximate surface area is 133 Å². The minimum atomic E-state index is -0.874. The lowest BCUT2D eigenvalue weighted by atomic mass is 10.3. The normalized spacial score (nSPS) is 10.3. The van der Waals surface area contributed by atoms with Crippen molar-refractivity contribution in [3.05, 3.63) is 54.4 Å². The monoisotopic (exact) mass is 312 g/mol. The van der Waals surface area contributed by atoms with Crippen LogP contribution in [0, 0.1) is 0 Å². The Balaban J connectivity index is 1.93. The van der Waals surface area contributed by atoms with Crippen molar-refractivity contribution in [3.8, 4) is 5.75 Å². The molecule has 0 bridgehead atoms. The molecule has 23 heavy (non-hydrogen) atoms. The van der Waals surface area contributed by atoms with Crippen LogP contribution < -0.4 is 15.5 Å². The Morgan fingerprint density at radius 2 is 1.91 bits per heavy atom. The van der Waals surface area contributed by atoms with Gasteiger partial charge in [0.05, 0.1) is 18.5 Å². The number of aromatic nitrogens is 1. The highest BCUT2D eigenvalue weighted by atomic mass is 16.5. The second-order valence-electron chi connectivity index (χ2n) is 4.36. The van der Waals surface area contributed by atoms with Crippen LogP contribution >= 0.6 is 0 Å². The van der Waals surface area contributed by atoms with Crippen LogP contribution in [0.4, 0.5) is 5.69 Å². The number of hydrogen-bond acceptors (Lipinski definition) is 5. The first-order valence-corrected chi connectivity index (χ1v) is 6.97. The van der Waals surface area contributed by atoms with Crippen LogP contribution in [0.15, 0.2) is 53.9 Å². The highest BCUT2D eigenvalue weighted by Crippen LogP contribution is 2.23. The molecule has 7 nitrogen and oxygen atoms in total. The van der Waals surface area contributed by atoms with Gasteiger partial charge in [0, 0.05) is 12.4 Å². The standard InChI is InChI=1S/C16H16N4O3/c1-2-23-14-6-4-3-5-13(14)19-15(21)16(22)20-18-11-12-7-9-17-10-8-12/h3-11H,2H2,1H3,(H,19,21)(H,20,22)/b18-11-. The molecule has 0 saturated carbocycles. The van der Waals surface area contributed by atoms with Crippen LogP contribution in [0.5, 0.6) is 5.75 Å². The molecule has 0 spiro atoms. The summed E-state index contributed by atoms with van der Waals surface area (Å²) in [4.78, 5) is 27.4. The second kappa shape index (κ2) is 8.28. The zero-order chi connectivity index (χ0) is 16.5. The van der Waals surface area contributed by atoms with Crippen LogP contribution in [0.1, 0.15) is 12.5 Å². The smallest absolute Gasteiger partial charge is 0.329 e. The van der Waals surface area contributed by atoms with Gasteiger partial charge < -0.3 is 10.1 Å². The highest BCUT2D eigenvalue weighted by molar-refractivity contribution is 6.39. The van der Waals surface area contributed by atoms with Crippen LogP contribution in [0.25, 0.3) is 0 Å². The van der Waals surface area contributed by atoms with Gasteiger partial charge in [-0.25, -0.2) is 5.43 Å². The lowest BCUT2D eigenvalue weighted by molar-refractivity contribution is -0.136. The number of anilines is 1. The van der Waals surface area contributed by atoms with Crippen LogP contribution in [-0.4, -0.2) is 29.6 Å². The number of carbonyl (C=O) groups is 2. The fraction of sp³-hybridized carbons (Fsp3) is 0.125. The number of pyridine rings is 1. The Morgan fingerprint density at radius 1 is 1.17 bits per heavy atom. The summed E-state index contributed by atoms with van der Waals surface area (Å²) in [5.41, 5.74) is 3.34. The number of hydrogen-bond donors (Lipinski definition) is 2. The van der Waals surface area contributed by atoms with Crippen molar-refractivity contribution in [1.29, 1.82) is 0 Å². The number of hydrazone groups is 1. The number of carbonyl (C=O) groups excluding carboxylic acids is 2. The van der Waals surface area contributed by atoms with Gasteiger partial charge in [0.15, 0.2) is 0 Å². The van der Waals surface area contributed by atoms with Crippen LogP contribution in [0.3, 0.4) is 0 Å². The average Bonchev–Trinajstić information content (AvgIpc) is 2.57. The van der Waals surface area contributed by atoms with E-state index in [4.69, 9.17) is 4.74 Å². The predicted octanol–water partition coefficient (Wildman–Crippen LogP) is 1.57. The van der Waals surface area contributed by atoms with Crippen molar-refractivity contribution in [2.24, 2.45) is 5.10 Å². The van der Waals surface area contributed by atoms with Gasteiger partial charge in [-0.1, -0.05) is 12.1 Å². The molecule has 0 aliphatic carbocycles. The van der Waals surface area contributed by atoms with Crippen molar-refractivity contribution in [3.63, 3.8) is 0 Å². The van der Waals surface area contributed by atoms with Gasteiger partial charge in [-0.15, -0.1) is 0 Å². The van der Waals surface area contributed by atoms with Gasteiger partial charge >= 0.3 is 11.8 Å². The maximum atomic E-state index is 11.8. The van der Waals surface area contributed by atoms with Crippen molar-refractivity contribution < 1.29 is 14.3 Å². The van der Waals surface area contributed by atoms with Crippen molar-refractivity contribution >= 4 is 23.7 Å². The summed E-state index contributed by atoms with van der Waals surface area (Å²) >= 11 is 0. The molecule has 0 aliphatic heterocycles. The van der Waals surface area contributed by atoms with Gasteiger partial charge in [0.25, 0.3) is 0 Å². The fourth-order valence-electron chi connectivity index (χ4n) is 1.70. The summed E-state index contributed by atoms with van der Waals surface area (Å²) in [6.07, 6.45) is 4.61. The first kappa shape index (κ1) is 16.2. The molecule has 2 amide bonds. The average molecular weight is 312 g/mol. The zero-order valence-electron chi connectivity index (χ0n) is 12.5. The molecule has 118 valence electrons. The largest absolute Gasteiger partial charge is 0.492 e. The van der Waals surface area contributed by atoms with Crippen molar-refractivity contribution in [2.75, 3.05) is 11.9 Å². The van der Waals surface area contributed by atoms with E-state index in [1.807, 2.05) is 6.92 Å². The van der Waals surface area contributed by atoms with Gasteiger partial charge in [-0.2, -0.15) is 5.10 Å². The SMILES string of the molecule is CCOc1ccccc1NC(=O)C(=O)N/N=C\c1ccncc1. The fourth-order valence-corrected chi connectivity index (χ4v) is 1.70. The number of nitrogens with zero attached hydrogens (tertiary/aromatic N) is 2. The summed E-state index contributed by atoms with van der Waals surface area (Å²) < 4.78 is 5.37. The molecule has 0 aliphatic rings. The Bertz CT molecular complexity index is 701. The van der Waals surface area contributed by atoms with Gasteiger partial charge in [0.1, 0.15) is 5.75 Å². The number of ether oxygens (including phenoxy) is 1. The maximum absolute atomic E-state index is 11.8. The molecule has 0 radical (unpaired) electrons. The molecule has 2 aromatic rings. The second-order valence-corrected chi connectivity index (χ2v) is 4.36. The minimum Gasteiger partial charge on any atom is -0.492 e. The molecule has 1 heterocycles. The summed E-state index contributed by atoms with van der Waals surface area (Å²) in [5.74, 6) is -1.21. The van der Waals surface area contributed by atoms with Gasteiger partial charge in [-0.05, 0) is 36.8 Å². The van der Waals surface area contributed by atoms with Crippen molar-refractivity contribution in [1.82, 2.24) is 10.4 Å². The molecular weight excluding hydrogens is 296 g/mol. The number of amides is 2. The van der Waals surface area contributed by atoms with Crippen LogP contribution in [0.2, 0.25) is 0 Å². The number of para-hydroxylation sites is 2. The molecule has 0 unspecified atom stereocenters. The Hall–Kier alpha value is -3.22. The lowest BCUT2D eigenvalue weighted by Gasteiger charge is -2.10. The molecule has 1 aromatic carbocycles. The van der Waals surface area contributed by atoms with Gasteiger partial charge in [-0.3, -0.25) is 14.6 Å². The minimum absolute atomic E-state index is 0.424. The summed E-state index contributed by atoms with van der Waals surface area (Å²) in [6.45, 7) is 2.29. The third-order valence-electron chi connectivity index (χ3n) is 2.73. The van der Waals surface area contributed by atoms with E-state index >= 15 is 0 Å². The molecule has 1 aromatic heterocycles. The summed E-state index contributed by atoms with van der Waals surface area (Å²) in [5, 5.41) is 6.20. The number of nitrogens with one attached hydrogen (secondary N) is 2. The molecule has 0 saturated heterocycles. The van der Waals surface area contributed by atoms with E-state index in [1.165, 1.54) is 6.21 Å². The van der Waals surface area contributed by atoms with Gasteiger partial charge in [0.2, 0.25) is 0 Å². The predicted molar refractivity (Wildman–Crippen MR) is 86.2 cm³/mol. The first-order valence-electron chi connectivity index (χ1n) is 6.97. The first-order chi connectivity index (χ1) is 11.2. The topological polar surface area (TPSA) is 92.7 Å². The molecule has 2 N–H and O–H groups in total. The van der Waals surface area contributed by atoms with E-state index < -0.39 is 11.8 Å². The zero-order valence-corrected chi connectivity index (χ0v) is 12.5. The van der Waals surface area contributed by atoms with E-state index in [0.717, 1.165) is 5.56 Å². The Morgan fingerprint density at radius 3 is 2.65 bits per heavy atom. The van der Waals surface area contributed by atoms with E-state index in [2.05, 4.69) is 20.8 Å². The highest BCUT2D eigenvalue weighted by Gasteiger charge is 2.14. The van der Waals surface area contributed by atoms with E-state index in [0.29, 0.717) is 18.0 Å². The Kier molecular flexibility index (Phi) is 5.81. The quantitative estimate of drug-likeness (QED) is 0.498. The van der Waals surface area contributed by atoms with Crippen LogP contribution in [-0.2, 0) is 9.59 Å². The van der Waals surface area contributed by atoms with E-state index in [9.17, 15) is 9.59 Å². The summed E-state index contributed by atoms with van der Waals surface area (Å²) in [6, 6.07) is 10.3. The molecular formula is C16H16N4O3. The maximum Gasteiger partial charge on any atom is 0.329 e. The van der Waals surface area contributed by atoms with E-state index in [1.54, 1.807) is 48.8 Å². The molecule has 2 rings (SSSR count). The number of rotatable bonds is 5. The summed E-state index contributed by atoms with van der Waals surface area (Å²) in [7, 11) is 0. The van der Waals surface area contributed by atoms with E-state index in [-0.39, 0.29) is 0 Å². The molecule has 7 heteroatoms. The molecule has 0 fully saturated rings. The third-order valence-corrected chi connectivity index (χ3v) is 2.73. The molecule has 0 atom stereocenters. The number of benzene rings is 1.